The molecule has 0 bridgehead atoms. The maximum absolute atomic E-state index is 12.1. The number of aryl methyl sites for hydroxylation is 1. The van der Waals surface area contributed by atoms with Crippen molar-refractivity contribution in [2.75, 3.05) is 11.1 Å². The van der Waals surface area contributed by atoms with Crippen LogP contribution in [0, 0.1) is 17.0 Å². The van der Waals surface area contributed by atoms with Crippen LogP contribution in [-0.2, 0) is 0 Å². The SMILES string of the molecule is Cc1ccc(NC(=O)c2ccc(N)c(Br)c2)c([N+](=O)[O-])c1. The van der Waals surface area contributed by atoms with Crippen molar-refractivity contribution in [2.45, 2.75) is 6.92 Å². The number of carbonyl (C=O) groups is 1. The summed E-state index contributed by atoms with van der Waals surface area (Å²) in [6.07, 6.45) is 0. The van der Waals surface area contributed by atoms with E-state index in [-0.39, 0.29) is 11.4 Å². The number of nitro groups is 1. The van der Waals surface area contributed by atoms with Crippen molar-refractivity contribution in [3.05, 3.63) is 62.1 Å². The lowest BCUT2D eigenvalue weighted by Gasteiger charge is -2.08. The minimum Gasteiger partial charge on any atom is -0.398 e. The molecular formula is C14H12BrN3O3. The van der Waals surface area contributed by atoms with E-state index in [1.54, 1.807) is 31.2 Å². The van der Waals surface area contributed by atoms with Gasteiger partial charge in [-0.05, 0) is 52.7 Å². The summed E-state index contributed by atoms with van der Waals surface area (Å²) >= 11 is 3.23. The Hall–Kier alpha value is -2.41. The van der Waals surface area contributed by atoms with Gasteiger partial charge in [-0.1, -0.05) is 6.07 Å². The normalized spacial score (nSPS) is 10.2. The Labute approximate surface area is 129 Å². The maximum Gasteiger partial charge on any atom is 0.293 e. The first-order valence-corrected chi connectivity index (χ1v) is 6.79. The second-order valence-corrected chi connectivity index (χ2v) is 5.32. The first-order chi connectivity index (χ1) is 9.88. The zero-order valence-corrected chi connectivity index (χ0v) is 12.7. The van der Waals surface area contributed by atoms with Gasteiger partial charge in [0, 0.05) is 21.8 Å². The first kappa shape index (κ1) is 15.0. The van der Waals surface area contributed by atoms with Crippen LogP contribution in [0.3, 0.4) is 0 Å². The second-order valence-electron chi connectivity index (χ2n) is 4.47. The molecule has 0 spiro atoms. The minimum absolute atomic E-state index is 0.141. The summed E-state index contributed by atoms with van der Waals surface area (Å²) in [6, 6.07) is 9.32. The summed E-state index contributed by atoms with van der Waals surface area (Å²) < 4.78 is 0.591. The lowest BCUT2D eigenvalue weighted by atomic mass is 10.1. The lowest BCUT2D eigenvalue weighted by molar-refractivity contribution is -0.384. The fourth-order valence-corrected chi connectivity index (χ4v) is 2.14. The van der Waals surface area contributed by atoms with Crippen LogP contribution in [0.15, 0.2) is 40.9 Å². The number of nitro benzene ring substituents is 1. The van der Waals surface area contributed by atoms with Crippen molar-refractivity contribution in [1.29, 1.82) is 0 Å². The van der Waals surface area contributed by atoms with Gasteiger partial charge in [0.1, 0.15) is 5.69 Å². The molecule has 0 aliphatic carbocycles. The molecule has 0 radical (unpaired) electrons. The van der Waals surface area contributed by atoms with Gasteiger partial charge in [0.15, 0.2) is 0 Å². The van der Waals surface area contributed by atoms with Crippen molar-refractivity contribution in [3.63, 3.8) is 0 Å². The monoisotopic (exact) mass is 349 g/mol. The summed E-state index contributed by atoms with van der Waals surface area (Å²) in [4.78, 5) is 22.6. The number of hydrogen-bond acceptors (Lipinski definition) is 4. The standard InChI is InChI=1S/C14H12BrN3O3/c1-8-2-5-12(13(6-8)18(20)21)17-14(19)9-3-4-11(16)10(15)7-9/h2-7H,16H2,1H3,(H,17,19). The van der Waals surface area contributed by atoms with Crippen LogP contribution >= 0.6 is 15.9 Å². The summed E-state index contributed by atoms with van der Waals surface area (Å²) in [5.41, 5.74) is 7.27. The third-order valence-electron chi connectivity index (χ3n) is 2.86. The third kappa shape index (κ3) is 3.38. The molecule has 0 saturated carbocycles. The topological polar surface area (TPSA) is 98.3 Å². The molecule has 0 atom stereocenters. The Balaban J connectivity index is 2.31. The van der Waals surface area contributed by atoms with Crippen LogP contribution in [-0.4, -0.2) is 10.8 Å². The number of nitrogens with zero attached hydrogens (tertiary/aromatic N) is 1. The van der Waals surface area contributed by atoms with E-state index in [0.717, 1.165) is 5.56 Å². The number of anilines is 2. The Kier molecular flexibility index (Phi) is 4.23. The van der Waals surface area contributed by atoms with Crippen LogP contribution in [0.1, 0.15) is 15.9 Å². The van der Waals surface area contributed by atoms with Crippen LogP contribution in [0.4, 0.5) is 17.1 Å². The quantitative estimate of drug-likeness (QED) is 0.503. The molecule has 7 heteroatoms. The maximum atomic E-state index is 12.1. The summed E-state index contributed by atoms with van der Waals surface area (Å²) in [7, 11) is 0. The average molecular weight is 350 g/mol. The molecule has 108 valence electrons. The van der Waals surface area contributed by atoms with Gasteiger partial charge in [0.2, 0.25) is 0 Å². The van der Waals surface area contributed by atoms with E-state index in [9.17, 15) is 14.9 Å². The van der Waals surface area contributed by atoms with Crippen LogP contribution in [0.2, 0.25) is 0 Å². The van der Waals surface area contributed by atoms with Gasteiger partial charge in [-0.15, -0.1) is 0 Å². The Morgan fingerprint density at radius 1 is 1.29 bits per heavy atom. The van der Waals surface area contributed by atoms with Gasteiger partial charge in [0.05, 0.1) is 4.92 Å². The van der Waals surface area contributed by atoms with Crippen molar-refractivity contribution >= 4 is 38.9 Å². The van der Waals surface area contributed by atoms with E-state index in [2.05, 4.69) is 21.2 Å². The molecule has 21 heavy (non-hydrogen) atoms. The van der Waals surface area contributed by atoms with E-state index in [0.29, 0.717) is 15.7 Å². The van der Waals surface area contributed by atoms with Crippen molar-refractivity contribution < 1.29 is 9.72 Å². The van der Waals surface area contributed by atoms with Crippen LogP contribution in [0.25, 0.3) is 0 Å². The number of carbonyl (C=O) groups excluding carboxylic acids is 1. The van der Waals surface area contributed by atoms with Gasteiger partial charge >= 0.3 is 0 Å². The molecular weight excluding hydrogens is 338 g/mol. The van der Waals surface area contributed by atoms with Gasteiger partial charge in [-0.25, -0.2) is 0 Å². The highest BCUT2D eigenvalue weighted by Gasteiger charge is 2.17. The Bertz CT molecular complexity index is 731. The third-order valence-corrected chi connectivity index (χ3v) is 3.55. The highest BCUT2D eigenvalue weighted by molar-refractivity contribution is 9.10. The van der Waals surface area contributed by atoms with Gasteiger partial charge in [-0.2, -0.15) is 0 Å². The number of rotatable bonds is 3. The van der Waals surface area contributed by atoms with E-state index in [4.69, 9.17) is 5.73 Å². The first-order valence-electron chi connectivity index (χ1n) is 6.00. The number of hydrogen-bond donors (Lipinski definition) is 2. The molecule has 2 rings (SSSR count). The highest BCUT2D eigenvalue weighted by atomic mass is 79.9. The van der Waals surface area contributed by atoms with Gasteiger partial charge in [0.25, 0.3) is 11.6 Å². The molecule has 2 aromatic rings. The number of halogens is 1. The molecule has 0 fully saturated rings. The summed E-state index contributed by atoms with van der Waals surface area (Å²) in [5.74, 6) is -0.442. The van der Waals surface area contributed by atoms with E-state index >= 15 is 0 Å². The molecule has 0 saturated heterocycles. The molecule has 0 aliphatic heterocycles. The van der Waals surface area contributed by atoms with E-state index in [1.807, 2.05) is 0 Å². The smallest absolute Gasteiger partial charge is 0.293 e. The molecule has 6 nitrogen and oxygen atoms in total. The number of benzene rings is 2. The van der Waals surface area contributed by atoms with Crippen molar-refractivity contribution in [2.24, 2.45) is 0 Å². The highest BCUT2D eigenvalue weighted by Crippen LogP contribution is 2.26. The van der Waals surface area contributed by atoms with Crippen molar-refractivity contribution in [1.82, 2.24) is 0 Å². The fourth-order valence-electron chi connectivity index (χ4n) is 1.76. The summed E-state index contributed by atoms with van der Waals surface area (Å²) in [5, 5.41) is 13.6. The molecule has 0 heterocycles. The van der Waals surface area contributed by atoms with Crippen molar-refractivity contribution in [3.8, 4) is 0 Å². The molecule has 0 unspecified atom stereocenters. The average Bonchev–Trinajstić information content (AvgIpc) is 2.43. The zero-order chi connectivity index (χ0) is 15.6. The second kappa shape index (κ2) is 5.92. The number of nitrogen functional groups attached to an aromatic ring is 1. The molecule has 1 amide bonds. The van der Waals surface area contributed by atoms with Crippen LogP contribution < -0.4 is 11.1 Å². The predicted molar refractivity (Wildman–Crippen MR) is 84.3 cm³/mol. The fraction of sp³-hybridized carbons (Fsp3) is 0.0714. The molecule has 2 aromatic carbocycles. The van der Waals surface area contributed by atoms with Crippen LogP contribution in [0.5, 0.6) is 0 Å². The molecule has 3 N–H and O–H groups in total. The number of amides is 1. The number of nitrogens with two attached hydrogens (primary N) is 1. The minimum atomic E-state index is -0.526. The van der Waals surface area contributed by atoms with Gasteiger partial charge < -0.3 is 11.1 Å². The summed E-state index contributed by atoms with van der Waals surface area (Å²) in [6.45, 7) is 1.75. The molecule has 0 aromatic heterocycles. The molecule has 0 aliphatic rings. The van der Waals surface area contributed by atoms with E-state index < -0.39 is 10.8 Å². The van der Waals surface area contributed by atoms with E-state index in [1.165, 1.54) is 12.1 Å². The Morgan fingerprint density at radius 3 is 2.62 bits per heavy atom. The zero-order valence-electron chi connectivity index (χ0n) is 11.1. The lowest BCUT2D eigenvalue weighted by Crippen LogP contribution is -2.13. The predicted octanol–water partition coefficient (Wildman–Crippen LogP) is 3.50. The Morgan fingerprint density at radius 2 is 2.00 bits per heavy atom. The largest absolute Gasteiger partial charge is 0.398 e. The number of nitrogens with one attached hydrogen (secondary N) is 1. The van der Waals surface area contributed by atoms with Gasteiger partial charge in [-0.3, -0.25) is 14.9 Å².